The fraction of sp³-hybridized carbons (Fsp3) is 0.0909. The smallest absolute Gasteiger partial charge is 0.129 e. The van der Waals surface area contributed by atoms with Crippen LogP contribution in [0.4, 0.5) is 4.39 Å². The molecule has 0 bridgehead atoms. The van der Waals surface area contributed by atoms with Crippen molar-refractivity contribution in [2.75, 3.05) is 0 Å². The molecule has 2 aromatic rings. The molecule has 1 unspecified atom stereocenters. The van der Waals surface area contributed by atoms with E-state index in [1.54, 1.807) is 23.5 Å². The molecule has 0 fully saturated rings. The molecule has 1 nitrogen and oxygen atoms in total. The van der Waals surface area contributed by atoms with Crippen LogP contribution in [0.2, 0.25) is 0 Å². The van der Waals surface area contributed by atoms with E-state index in [-0.39, 0.29) is 11.9 Å². The highest BCUT2D eigenvalue weighted by atomic mass is 79.9. The number of benzene rings is 1. The highest BCUT2D eigenvalue weighted by molar-refractivity contribution is 9.10. The first-order chi connectivity index (χ1) is 7.18. The maximum atomic E-state index is 13.6. The standard InChI is InChI=1S/C11H9BrFNS/c12-8-1-2-9(10(13)5-8)11(14)7-3-4-15-6-7/h1-6,11H,14H2. The molecule has 0 amide bonds. The van der Waals surface area contributed by atoms with Gasteiger partial charge in [0.2, 0.25) is 0 Å². The lowest BCUT2D eigenvalue weighted by Crippen LogP contribution is -2.12. The average molecular weight is 286 g/mol. The topological polar surface area (TPSA) is 26.0 Å². The van der Waals surface area contributed by atoms with Gasteiger partial charge in [0.05, 0.1) is 6.04 Å². The van der Waals surface area contributed by atoms with E-state index in [0.29, 0.717) is 5.56 Å². The number of nitrogens with two attached hydrogens (primary N) is 1. The van der Waals surface area contributed by atoms with Gasteiger partial charge in [-0.3, -0.25) is 0 Å². The van der Waals surface area contributed by atoms with Crippen LogP contribution in [0.3, 0.4) is 0 Å². The predicted octanol–water partition coefficient (Wildman–Crippen LogP) is 3.70. The summed E-state index contributed by atoms with van der Waals surface area (Å²) in [5.74, 6) is -0.275. The summed E-state index contributed by atoms with van der Waals surface area (Å²) in [6.07, 6.45) is 0. The summed E-state index contributed by atoms with van der Waals surface area (Å²) in [5, 5.41) is 3.87. The van der Waals surface area contributed by atoms with Crippen LogP contribution in [-0.4, -0.2) is 0 Å². The van der Waals surface area contributed by atoms with Crippen molar-refractivity contribution in [1.29, 1.82) is 0 Å². The van der Waals surface area contributed by atoms with Crippen LogP contribution in [0.1, 0.15) is 17.2 Å². The molecule has 1 atom stereocenters. The Labute approximate surface area is 99.9 Å². The monoisotopic (exact) mass is 285 g/mol. The largest absolute Gasteiger partial charge is 0.320 e. The highest BCUT2D eigenvalue weighted by Crippen LogP contribution is 2.25. The number of halogens is 2. The fourth-order valence-electron chi connectivity index (χ4n) is 1.39. The van der Waals surface area contributed by atoms with Crippen LogP contribution in [-0.2, 0) is 0 Å². The number of hydrogen-bond donors (Lipinski definition) is 1. The zero-order valence-electron chi connectivity index (χ0n) is 7.78. The Morgan fingerprint density at radius 2 is 2.13 bits per heavy atom. The van der Waals surface area contributed by atoms with E-state index in [1.807, 2.05) is 16.8 Å². The minimum absolute atomic E-state index is 0.275. The Kier molecular flexibility index (Phi) is 3.19. The minimum Gasteiger partial charge on any atom is -0.320 e. The molecule has 1 aromatic carbocycles. The molecule has 4 heteroatoms. The van der Waals surface area contributed by atoms with Crippen molar-refractivity contribution >= 4 is 27.3 Å². The molecule has 0 saturated carbocycles. The quantitative estimate of drug-likeness (QED) is 0.895. The highest BCUT2D eigenvalue weighted by Gasteiger charge is 2.13. The van der Waals surface area contributed by atoms with Gasteiger partial charge < -0.3 is 5.73 Å². The van der Waals surface area contributed by atoms with Gasteiger partial charge in [-0.1, -0.05) is 22.0 Å². The Bertz CT molecular complexity index is 456. The zero-order valence-corrected chi connectivity index (χ0v) is 10.2. The van der Waals surface area contributed by atoms with Gasteiger partial charge in [0.1, 0.15) is 5.82 Å². The van der Waals surface area contributed by atoms with Crippen molar-refractivity contribution in [1.82, 2.24) is 0 Å². The summed E-state index contributed by atoms with van der Waals surface area (Å²) in [6, 6.07) is 6.47. The van der Waals surface area contributed by atoms with Crippen LogP contribution in [0, 0.1) is 5.82 Å². The van der Waals surface area contributed by atoms with Gasteiger partial charge in [-0.2, -0.15) is 11.3 Å². The lowest BCUT2D eigenvalue weighted by atomic mass is 10.0. The van der Waals surface area contributed by atoms with Crippen molar-refractivity contribution in [3.8, 4) is 0 Å². The molecule has 2 N–H and O–H groups in total. The number of hydrogen-bond acceptors (Lipinski definition) is 2. The lowest BCUT2D eigenvalue weighted by molar-refractivity contribution is 0.599. The Hall–Kier alpha value is -0.710. The summed E-state index contributed by atoms with van der Waals surface area (Å²) in [5.41, 5.74) is 7.43. The summed E-state index contributed by atoms with van der Waals surface area (Å²) in [4.78, 5) is 0. The molecule has 0 spiro atoms. The van der Waals surface area contributed by atoms with E-state index in [9.17, 15) is 4.39 Å². The van der Waals surface area contributed by atoms with Gasteiger partial charge in [-0.15, -0.1) is 0 Å². The molecule has 0 saturated heterocycles. The summed E-state index contributed by atoms with van der Waals surface area (Å²) >= 11 is 4.78. The molecule has 78 valence electrons. The Morgan fingerprint density at radius 3 is 2.73 bits per heavy atom. The molecular formula is C11H9BrFNS. The van der Waals surface area contributed by atoms with E-state index in [1.165, 1.54) is 6.07 Å². The van der Waals surface area contributed by atoms with Crippen LogP contribution in [0.15, 0.2) is 39.5 Å². The molecule has 1 heterocycles. The van der Waals surface area contributed by atoms with E-state index in [2.05, 4.69) is 15.9 Å². The second kappa shape index (κ2) is 4.43. The zero-order chi connectivity index (χ0) is 10.8. The molecule has 0 aliphatic carbocycles. The molecule has 1 aromatic heterocycles. The fourth-order valence-corrected chi connectivity index (χ4v) is 2.41. The van der Waals surface area contributed by atoms with Crippen LogP contribution in [0.25, 0.3) is 0 Å². The van der Waals surface area contributed by atoms with Gasteiger partial charge >= 0.3 is 0 Å². The summed E-state index contributed by atoms with van der Waals surface area (Å²) in [6.45, 7) is 0. The van der Waals surface area contributed by atoms with E-state index in [0.717, 1.165) is 10.0 Å². The van der Waals surface area contributed by atoms with Crippen molar-refractivity contribution < 1.29 is 4.39 Å². The molecular weight excluding hydrogens is 277 g/mol. The van der Waals surface area contributed by atoms with Gasteiger partial charge in [0, 0.05) is 10.0 Å². The summed E-state index contributed by atoms with van der Waals surface area (Å²) in [7, 11) is 0. The van der Waals surface area contributed by atoms with Crippen molar-refractivity contribution in [3.05, 3.63) is 56.4 Å². The molecule has 0 aliphatic rings. The third kappa shape index (κ3) is 2.27. The lowest BCUT2D eigenvalue weighted by Gasteiger charge is -2.11. The molecule has 2 rings (SSSR count). The van der Waals surface area contributed by atoms with Crippen molar-refractivity contribution in [2.24, 2.45) is 5.73 Å². The first-order valence-electron chi connectivity index (χ1n) is 4.41. The number of thiophene rings is 1. The van der Waals surface area contributed by atoms with Gasteiger partial charge in [-0.05, 0) is 34.5 Å². The maximum absolute atomic E-state index is 13.6. The van der Waals surface area contributed by atoms with Gasteiger partial charge in [-0.25, -0.2) is 4.39 Å². The first-order valence-corrected chi connectivity index (χ1v) is 6.14. The Balaban J connectivity index is 2.38. The minimum atomic E-state index is -0.385. The predicted molar refractivity (Wildman–Crippen MR) is 64.4 cm³/mol. The first kappa shape index (κ1) is 10.8. The van der Waals surface area contributed by atoms with E-state index < -0.39 is 0 Å². The maximum Gasteiger partial charge on any atom is 0.129 e. The molecule has 0 radical (unpaired) electrons. The average Bonchev–Trinajstić information content (AvgIpc) is 2.69. The van der Waals surface area contributed by atoms with Gasteiger partial charge in [0.15, 0.2) is 0 Å². The van der Waals surface area contributed by atoms with Crippen molar-refractivity contribution in [3.63, 3.8) is 0 Å². The van der Waals surface area contributed by atoms with E-state index in [4.69, 9.17) is 5.73 Å². The van der Waals surface area contributed by atoms with Crippen LogP contribution >= 0.6 is 27.3 Å². The van der Waals surface area contributed by atoms with E-state index >= 15 is 0 Å². The molecule has 15 heavy (non-hydrogen) atoms. The third-order valence-corrected chi connectivity index (χ3v) is 3.39. The second-order valence-corrected chi connectivity index (χ2v) is 4.90. The Morgan fingerprint density at radius 1 is 1.33 bits per heavy atom. The third-order valence-electron chi connectivity index (χ3n) is 2.20. The normalized spacial score (nSPS) is 12.7. The number of rotatable bonds is 2. The second-order valence-electron chi connectivity index (χ2n) is 3.20. The molecule has 0 aliphatic heterocycles. The van der Waals surface area contributed by atoms with Crippen LogP contribution in [0.5, 0.6) is 0 Å². The van der Waals surface area contributed by atoms with Gasteiger partial charge in [0.25, 0.3) is 0 Å². The van der Waals surface area contributed by atoms with Crippen molar-refractivity contribution in [2.45, 2.75) is 6.04 Å². The van der Waals surface area contributed by atoms with Crippen LogP contribution < -0.4 is 5.73 Å². The SMILES string of the molecule is NC(c1ccsc1)c1ccc(Br)cc1F. The summed E-state index contributed by atoms with van der Waals surface area (Å²) < 4.78 is 14.3.